The summed E-state index contributed by atoms with van der Waals surface area (Å²) < 4.78 is 0. The van der Waals surface area contributed by atoms with E-state index in [4.69, 9.17) is 4.84 Å². The van der Waals surface area contributed by atoms with Crippen molar-refractivity contribution in [2.45, 2.75) is 6.92 Å². The third-order valence-electron chi connectivity index (χ3n) is 1.90. The van der Waals surface area contributed by atoms with Crippen molar-refractivity contribution in [3.05, 3.63) is 48.3 Å². The van der Waals surface area contributed by atoms with Crippen LogP contribution in [0.4, 0.5) is 10.5 Å². The first-order valence-electron chi connectivity index (χ1n) is 4.81. The zero-order chi connectivity index (χ0) is 11.4. The van der Waals surface area contributed by atoms with Crippen molar-refractivity contribution in [3.63, 3.8) is 0 Å². The molecule has 0 saturated carbocycles. The number of benzene rings is 1. The third kappa shape index (κ3) is 2.60. The van der Waals surface area contributed by atoms with Gasteiger partial charge in [-0.2, -0.15) is 0 Å². The molecule has 1 heterocycles. The minimum absolute atomic E-state index is 0.575. The fourth-order valence-corrected chi connectivity index (χ4v) is 1.19. The number of nitrogens with one attached hydrogen (secondary N) is 1. The molecule has 2 aromatic rings. The lowest BCUT2D eigenvalue weighted by Crippen LogP contribution is -2.25. The van der Waals surface area contributed by atoms with E-state index in [1.165, 1.54) is 0 Å². The molecule has 1 N–H and O–H groups in total. The largest absolute Gasteiger partial charge is 0.437 e. The van der Waals surface area contributed by atoms with E-state index >= 15 is 0 Å². The molecular weight excluding hydrogens is 206 g/mol. The molecule has 5 heteroatoms. The second kappa shape index (κ2) is 4.48. The summed E-state index contributed by atoms with van der Waals surface area (Å²) in [5.74, 6) is 0. The van der Waals surface area contributed by atoms with E-state index in [1.54, 1.807) is 24.4 Å². The highest BCUT2D eigenvalue weighted by atomic mass is 16.7. The Balaban J connectivity index is 1.95. The van der Waals surface area contributed by atoms with Gasteiger partial charge in [-0.15, -0.1) is 5.10 Å². The quantitative estimate of drug-likeness (QED) is 0.835. The molecule has 0 saturated heterocycles. The average Bonchev–Trinajstić information content (AvgIpc) is 2.65. The van der Waals surface area contributed by atoms with Gasteiger partial charge in [0.1, 0.15) is 0 Å². The summed E-state index contributed by atoms with van der Waals surface area (Å²) >= 11 is 0. The Kier molecular flexibility index (Phi) is 2.86. The first-order chi connectivity index (χ1) is 7.74. The minimum atomic E-state index is -0.575. The summed E-state index contributed by atoms with van der Waals surface area (Å²) in [5.41, 5.74) is 1.46. The molecule has 2 rings (SSSR count). The summed E-state index contributed by atoms with van der Waals surface area (Å²) in [4.78, 5) is 17.4. The lowest BCUT2D eigenvalue weighted by Gasteiger charge is -2.04. The Morgan fingerprint density at radius 3 is 2.69 bits per heavy atom. The van der Waals surface area contributed by atoms with Crippen LogP contribution in [0.5, 0.6) is 0 Å². The lowest BCUT2D eigenvalue weighted by atomic mass is 10.3. The van der Waals surface area contributed by atoms with Crippen molar-refractivity contribution in [1.29, 1.82) is 0 Å². The van der Waals surface area contributed by atoms with Gasteiger partial charge in [0.05, 0.1) is 11.9 Å². The van der Waals surface area contributed by atoms with Crippen LogP contribution in [0.3, 0.4) is 0 Å². The van der Waals surface area contributed by atoms with Crippen molar-refractivity contribution in [2.24, 2.45) is 0 Å². The number of para-hydroxylation sites is 1. The predicted octanol–water partition coefficient (Wildman–Crippen LogP) is 1.85. The Hall–Kier alpha value is -2.30. The minimum Gasteiger partial charge on any atom is -0.299 e. The smallest absolute Gasteiger partial charge is 0.299 e. The summed E-state index contributed by atoms with van der Waals surface area (Å²) in [6, 6.07) is 10.8. The Morgan fingerprint density at radius 1 is 1.31 bits per heavy atom. The topological polar surface area (TPSA) is 56.1 Å². The van der Waals surface area contributed by atoms with Crippen molar-refractivity contribution in [3.8, 4) is 0 Å². The van der Waals surface area contributed by atoms with Gasteiger partial charge in [0.25, 0.3) is 0 Å². The van der Waals surface area contributed by atoms with E-state index in [0.29, 0.717) is 5.69 Å². The van der Waals surface area contributed by atoms with Crippen LogP contribution in [0.25, 0.3) is 0 Å². The zero-order valence-corrected chi connectivity index (χ0v) is 8.75. The van der Waals surface area contributed by atoms with Crippen LogP contribution in [-0.2, 0) is 0 Å². The fraction of sp³-hybridized carbons (Fsp3) is 0.0909. The molecule has 0 spiro atoms. The molecule has 0 bridgehead atoms. The standard InChI is InChI=1S/C11H11N3O2/c1-9-7-8-14(13-9)16-11(15)12-10-5-3-2-4-6-10/h2-8H,1H3,(H,12,15). The molecule has 0 aliphatic rings. The maximum atomic E-state index is 11.4. The summed E-state index contributed by atoms with van der Waals surface area (Å²) in [5, 5.41) is 6.50. The molecule has 0 unspecified atom stereocenters. The number of carbonyl (C=O) groups excluding carboxylic acids is 1. The second-order valence-corrected chi connectivity index (χ2v) is 3.23. The van der Waals surface area contributed by atoms with Gasteiger partial charge < -0.3 is 0 Å². The van der Waals surface area contributed by atoms with Gasteiger partial charge in [0.2, 0.25) is 0 Å². The van der Waals surface area contributed by atoms with Gasteiger partial charge in [0.15, 0.2) is 0 Å². The molecule has 0 atom stereocenters. The van der Waals surface area contributed by atoms with E-state index in [9.17, 15) is 4.79 Å². The Morgan fingerprint density at radius 2 is 2.06 bits per heavy atom. The molecule has 1 aromatic heterocycles. The van der Waals surface area contributed by atoms with E-state index in [-0.39, 0.29) is 0 Å². The van der Waals surface area contributed by atoms with Crippen molar-refractivity contribution < 1.29 is 9.63 Å². The molecule has 16 heavy (non-hydrogen) atoms. The fourth-order valence-electron chi connectivity index (χ4n) is 1.19. The van der Waals surface area contributed by atoms with E-state index in [2.05, 4.69) is 10.4 Å². The van der Waals surface area contributed by atoms with Gasteiger partial charge in [-0.25, -0.2) is 4.79 Å². The molecule has 0 radical (unpaired) electrons. The number of aryl methyl sites for hydroxylation is 1. The third-order valence-corrected chi connectivity index (χ3v) is 1.90. The molecule has 0 aliphatic carbocycles. The van der Waals surface area contributed by atoms with Gasteiger partial charge in [-0.3, -0.25) is 10.2 Å². The van der Waals surface area contributed by atoms with Gasteiger partial charge in [0, 0.05) is 5.69 Å². The highest BCUT2D eigenvalue weighted by Gasteiger charge is 2.04. The Bertz CT molecular complexity index is 479. The number of aromatic nitrogens is 2. The Labute approximate surface area is 92.6 Å². The van der Waals surface area contributed by atoms with Crippen molar-refractivity contribution in [2.75, 3.05) is 5.32 Å². The van der Waals surface area contributed by atoms with Crippen LogP contribution in [0, 0.1) is 6.92 Å². The lowest BCUT2D eigenvalue weighted by molar-refractivity contribution is 0.129. The van der Waals surface area contributed by atoms with Crippen LogP contribution in [0.1, 0.15) is 5.69 Å². The second-order valence-electron chi connectivity index (χ2n) is 3.23. The molecule has 1 aromatic carbocycles. The summed E-state index contributed by atoms with van der Waals surface area (Å²) in [6.07, 6.45) is 0.995. The summed E-state index contributed by atoms with van der Waals surface area (Å²) in [6.45, 7) is 1.81. The van der Waals surface area contributed by atoms with Crippen LogP contribution in [0.2, 0.25) is 0 Å². The molecule has 0 fully saturated rings. The van der Waals surface area contributed by atoms with Crippen molar-refractivity contribution >= 4 is 11.8 Å². The van der Waals surface area contributed by atoms with Crippen molar-refractivity contribution in [1.82, 2.24) is 9.94 Å². The number of hydrogen-bond acceptors (Lipinski definition) is 3. The predicted molar refractivity (Wildman–Crippen MR) is 59.0 cm³/mol. The van der Waals surface area contributed by atoms with Crippen LogP contribution in [0.15, 0.2) is 42.6 Å². The number of hydrogen-bond donors (Lipinski definition) is 1. The molecule has 82 valence electrons. The first-order valence-corrected chi connectivity index (χ1v) is 4.81. The highest BCUT2D eigenvalue weighted by molar-refractivity contribution is 5.84. The van der Waals surface area contributed by atoms with E-state index in [0.717, 1.165) is 10.5 Å². The van der Waals surface area contributed by atoms with E-state index < -0.39 is 6.09 Å². The van der Waals surface area contributed by atoms with E-state index in [1.807, 2.05) is 25.1 Å². The highest BCUT2D eigenvalue weighted by Crippen LogP contribution is 2.04. The van der Waals surface area contributed by atoms with Gasteiger partial charge in [-0.05, 0) is 25.1 Å². The van der Waals surface area contributed by atoms with Crippen LogP contribution < -0.4 is 10.2 Å². The monoisotopic (exact) mass is 217 g/mol. The number of amides is 1. The van der Waals surface area contributed by atoms with Crippen LogP contribution in [-0.4, -0.2) is 16.0 Å². The number of rotatable bonds is 2. The number of carbonyl (C=O) groups is 1. The normalized spacial score (nSPS) is 9.81. The average molecular weight is 217 g/mol. The maximum Gasteiger partial charge on any atom is 0.437 e. The van der Waals surface area contributed by atoms with Gasteiger partial charge in [-0.1, -0.05) is 23.0 Å². The van der Waals surface area contributed by atoms with Gasteiger partial charge >= 0.3 is 6.09 Å². The molecule has 1 amide bonds. The molecule has 0 aliphatic heterocycles. The zero-order valence-electron chi connectivity index (χ0n) is 8.75. The SMILES string of the molecule is Cc1ccn(OC(=O)Nc2ccccc2)n1. The number of nitrogens with zero attached hydrogens (tertiary/aromatic N) is 2. The molecular formula is C11H11N3O2. The number of anilines is 1. The summed E-state index contributed by atoms with van der Waals surface area (Å²) in [7, 11) is 0. The van der Waals surface area contributed by atoms with Crippen LogP contribution >= 0.6 is 0 Å². The maximum absolute atomic E-state index is 11.4. The first kappa shape index (κ1) is 10.2. The molecule has 5 nitrogen and oxygen atoms in total.